The number of nitrogens with one attached hydrogen (secondary N) is 4. The Labute approximate surface area is 565 Å². The van der Waals surface area contributed by atoms with E-state index in [1.807, 2.05) is 30.4 Å². The molecule has 10 rings (SSSR count). The summed E-state index contributed by atoms with van der Waals surface area (Å²) in [5.74, 6) is -10.1. The number of pyridine rings is 1. The average molecular weight is 1360 g/mol. The number of hydrazone groups is 1. The molecule has 3 fully saturated rings. The predicted molar refractivity (Wildman–Crippen MR) is 367 cm³/mol. The fourth-order valence-electron chi connectivity index (χ4n) is 12.5. The number of carbonyl (C=O) groups is 4. The number of aliphatic hydroxyl groups is 4. The number of aliphatic hydroxyl groups excluding tert-OH is 4. The highest BCUT2D eigenvalue weighted by molar-refractivity contribution is 6.24. The van der Waals surface area contributed by atoms with Gasteiger partial charge in [-0.2, -0.15) is 5.10 Å². The van der Waals surface area contributed by atoms with Crippen LogP contribution in [0.15, 0.2) is 64.4 Å². The van der Waals surface area contributed by atoms with Gasteiger partial charge in [-0.25, -0.2) is 9.18 Å². The highest BCUT2D eigenvalue weighted by Gasteiger charge is 2.50. The van der Waals surface area contributed by atoms with Gasteiger partial charge in [0.05, 0.1) is 77.4 Å². The number of rotatable bonds is 16. The second-order valence-electron chi connectivity index (χ2n) is 26.0. The Hall–Kier alpha value is -7.73. The largest absolute Gasteiger partial charge is 0.507 e. The van der Waals surface area contributed by atoms with E-state index in [-0.39, 0.29) is 86.8 Å². The number of carboxylic acids is 1. The van der Waals surface area contributed by atoms with Crippen molar-refractivity contribution in [3.05, 3.63) is 92.8 Å². The number of hydrogen-bond donors (Lipinski definition) is 12. The Morgan fingerprint density at radius 1 is 0.866 bits per heavy atom. The number of aromatic hydroxyl groups is 3. The topological polar surface area (TPSA) is 359 Å². The third-order valence-corrected chi connectivity index (χ3v) is 19.0. The number of anilines is 2. The molecule has 11 atom stereocenters. The van der Waals surface area contributed by atoms with Gasteiger partial charge in [-0.1, -0.05) is 59.8 Å². The van der Waals surface area contributed by atoms with E-state index in [0.717, 1.165) is 65.0 Å². The molecule has 27 heteroatoms. The first kappa shape index (κ1) is 76.6. The molecule has 6 heterocycles. The van der Waals surface area contributed by atoms with Crippen molar-refractivity contribution in [2.75, 3.05) is 103 Å². The fourth-order valence-corrected chi connectivity index (χ4v) is 12.5. The molecular formula is C70H100FN9O17. The fraction of sp³-hybridized carbons (Fsp3) is 0.571. The normalized spacial score (nSPS) is 26.2. The number of Topliss-reactive ketones (excluding diaryl/α,β-unsaturated/α-hetero) is 1. The third-order valence-electron chi connectivity index (χ3n) is 19.0. The van der Waals surface area contributed by atoms with Crippen molar-refractivity contribution in [2.24, 2.45) is 28.8 Å². The zero-order valence-corrected chi connectivity index (χ0v) is 57.7. The molecule has 6 aliphatic rings. The molecule has 1 saturated carbocycles. The van der Waals surface area contributed by atoms with Gasteiger partial charge in [0.15, 0.2) is 5.75 Å². The van der Waals surface area contributed by atoms with Gasteiger partial charge in [-0.15, -0.1) is 0 Å². The summed E-state index contributed by atoms with van der Waals surface area (Å²) in [7, 11) is 3.42. The van der Waals surface area contributed by atoms with Gasteiger partial charge < -0.3 is 95.4 Å². The maximum Gasteiger partial charge on any atom is 0.341 e. The number of carbonyl (C=O) groups excluding carboxylic acids is 3. The summed E-state index contributed by atoms with van der Waals surface area (Å²) in [6.07, 6.45) is 10.0. The van der Waals surface area contributed by atoms with Crippen LogP contribution >= 0.6 is 0 Å². The molecule has 5 aliphatic heterocycles. The summed E-state index contributed by atoms with van der Waals surface area (Å²) in [6.45, 7) is 24.2. The summed E-state index contributed by atoms with van der Waals surface area (Å²) in [4.78, 5) is 68.3. The number of nitrogens with zero attached hydrogens (tertiary/aromatic N) is 5. The minimum atomic E-state index is -2.04. The number of likely N-dealkylation sites (N-methyl/N-ethyl adjacent to an activating group) is 1. The van der Waals surface area contributed by atoms with Crippen LogP contribution < -0.4 is 36.3 Å². The Morgan fingerprint density at radius 2 is 1.49 bits per heavy atom. The van der Waals surface area contributed by atoms with Gasteiger partial charge >= 0.3 is 17.7 Å². The van der Waals surface area contributed by atoms with Crippen molar-refractivity contribution in [3.8, 4) is 23.0 Å². The van der Waals surface area contributed by atoms with Crippen molar-refractivity contribution >= 4 is 62.9 Å². The number of aromatic nitrogens is 1. The maximum absolute atomic E-state index is 14.6. The lowest BCUT2D eigenvalue weighted by atomic mass is 9.78. The highest BCUT2D eigenvalue weighted by Crippen LogP contribution is 2.55. The Morgan fingerprint density at radius 3 is 2.06 bits per heavy atom. The van der Waals surface area contributed by atoms with Crippen LogP contribution in [0.1, 0.15) is 126 Å². The van der Waals surface area contributed by atoms with E-state index < -0.39 is 106 Å². The Kier molecular flexibility index (Phi) is 27.0. The van der Waals surface area contributed by atoms with Crippen molar-refractivity contribution in [3.63, 3.8) is 0 Å². The minimum Gasteiger partial charge on any atom is -0.507 e. The smallest absolute Gasteiger partial charge is 0.341 e. The number of phenols is 3. The van der Waals surface area contributed by atoms with Gasteiger partial charge in [-0.05, 0) is 64.8 Å². The third kappa shape index (κ3) is 18.0. The average Bonchev–Trinajstić information content (AvgIpc) is 1.59. The molecule has 26 nitrogen and oxygen atoms in total. The van der Waals surface area contributed by atoms with E-state index in [4.69, 9.17) is 29.2 Å². The van der Waals surface area contributed by atoms with E-state index >= 15 is 0 Å². The molecule has 5 bridgehead atoms. The minimum absolute atomic E-state index is 0.0559. The van der Waals surface area contributed by atoms with E-state index in [1.54, 1.807) is 50.9 Å². The molecule has 0 radical (unpaired) electrons. The Bertz CT molecular complexity index is 3620. The number of phenolic OH excluding ortho intramolecular Hbond substituents is 3. The molecule has 97 heavy (non-hydrogen) atoms. The number of amides is 1. The van der Waals surface area contributed by atoms with E-state index in [0.29, 0.717) is 37.4 Å². The standard InChI is InChI=1S/C43H58N4O12.C17H18FN3O3.C10H24N2O2/c1-21-12-11-13-22(2)42(55)45-33-28(20-44-47-17-15-46(9)16-18-47)37(52)30-31(38(33)53)36(51)26(6)40-32(30)41(54)43(8,59-40)57-19-14-29(56-10)23(3)39(58-27(7)48)25(5)35(50)24(4)34(21)49;18-13-7-11-14(8-15(13)20-5-3-19-4-6-20)21(10-1-2-10)9-12(16(11)22)17(23)24;1-3-9(7-13)11-5-6-12-10(4-2)8-14/h11-14,19-21,23-25,29,34-35,39,49-53H,15-18H2,1-10H3,(H,45,55);7-10,19H,1-6H2,(H,23,24);9-14H,3-8H2,1-2H3/b12-11+,19-14+,22-13-,44-20-;;/t21-,23+,24+,25+,29-,34-,35+,39+,43-;;9-,10-/m0.0/s1. The van der Waals surface area contributed by atoms with Crippen LogP contribution in [-0.2, 0) is 23.8 Å². The van der Waals surface area contributed by atoms with Gasteiger partial charge in [0.1, 0.15) is 34.7 Å². The second-order valence-corrected chi connectivity index (χ2v) is 26.0. The van der Waals surface area contributed by atoms with E-state index in [9.17, 15) is 59.0 Å². The molecule has 0 unspecified atom stereocenters. The van der Waals surface area contributed by atoms with Gasteiger partial charge in [-0.3, -0.25) is 24.2 Å². The molecule has 1 aliphatic carbocycles. The lowest BCUT2D eigenvalue weighted by Crippen LogP contribution is -2.46. The zero-order chi connectivity index (χ0) is 71.3. The van der Waals surface area contributed by atoms with Crippen molar-refractivity contribution < 1.29 is 83.4 Å². The van der Waals surface area contributed by atoms with Crippen LogP contribution in [0.25, 0.3) is 21.7 Å². The van der Waals surface area contributed by atoms with Crippen LogP contribution in [0.3, 0.4) is 0 Å². The van der Waals surface area contributed by atoms with Gasteiger partial charge in [0.25, 0.3) is 11.7 Å². The number of piperazine rings is 2. The van der Waals surface area contributed by atoms with Crippen LogP contribution in [-0.4, -0.2) is 220 Å². The first-order valence-electron chi connectivity index (χ1n) is 33.4. The van der Waals surface area contributed by atoms with Gasteiger partial charge in [0.2, 0.25) is 5.43 Å². The zero-order valence-electron chi connectivity index (χ0n) is 57.7. The summed E-state index contributed by atoms with van der Waals surface area (Å²) >= 11 is 0. The second kappa shape index (κ2) is 34.2. The van der Waals surface area contributed by atoms with Crippen LogP contribution in [0.4, 0.5) is 15.8 Å². The lowest BCUT2D eigenvalue weighted by molar-refractivity contribution is -0.160. The van der Waals surface area contributed by atoms with E-state index in [1.165, 1.54) is 71.7 Å². The van der Waals surface area contributed by atoms with Crippen molar-refractivity contribution in [1.82, 2.24) is 30.4 Å². The number of methoxy groups -OCH3 is 1. The molecule has 0 spiro atoms. The summed E-state index contributed by atoms with van der Waals surface area (Å²) < 4.78 is 40.0. The number of esters is 1. The Balaban J connectivity index is 0.000000281. The molecule has 534 valence electrons. The van der Waals surface area contributed by atoms with Gasteiger partial charge in [0, 0.05) is 156 Å². The quantitative estimate of drug-likeness (QED) is 0.0213. The number of hydrogen-bond acceptors (Lipinski definition) is 23. The molecule has 2 saturated heterocycles. The van der Waals surface area contributed by atoms with Crippen molar-refractivity contribution in [2.45, 2.75) is 143 Å². The number of ketones is 1. The lowest BCUT2D eigenvalue weighted by Gasteiger charge is -2.38. The van der Waals surface area contributed by atoms with Crippen LogP contribution in [0, 0.1) is 36.4 Å². The monoisotopic (exact) mass is 1360 g/mol. The number of allylic oxidation sites excluding steroid dienone is 2. The molecule has 4 aromatic rings. The molecule has 3 aromatic carbocycles. The first-order chi connectivity index (χ1) is 46.1. The predicted octanol–water partition coefficient (Wildman–Crippen LogP) is 5.63. The van der Waals surface area contributed by atoms with E-state index in [2.05, 4.69) is 31.3 Å². The maximum atomic E-state index is 14.6. The van der Waals surface area contributed by atoms with Crippen LogP contribution in [0.2, 0.25) is 0 Å². The summed E-state index contributed by atoms with van der Waals surface area (Å²) in [5, 5.41) is 104. The first-order valence-corrected chi connectivity index (χ1v) is 33.4. The number of halogens is 1. The number of ether oxygens (including phenoxy) is 4. The number of fused-ring (bicyclic) bond motifs is 15. The SMILES string of the molecule is CC[C@@H](CO)NCCN[C@@H](CC)CO.CO[C@H]1/C=C/O[C@@]2(C)Oc3c(C)c(O)c4c(O)c(c(/C=N\N5CCN(C)CC5)c(O)c4c3C2=O)NC(=O)/C(C)=C\C=C\[C@H](C)[C@H](O)[C@@H](C)[C@@H](O)[C@@H](C)[C@H](OC(C)=O)[C@@H]1C.O=C(O)c1cn(C2CC2)c2cc(N3CCNCC3)c(F)cc2c1=O. The summed E-state index contributed by atoms with van der Waals surface area (Å²) in [5.41, 5.74) is -0.191. The van der Waals surface area contributed by atoms with Crippen molar-refractivity contribution in [1.29, 1.82) is 0 Å². The molecular weight excluding hydrogens is 1260 g/mol. The number of carboxylic acid groups (broad SMARTS) is 1. The number of benzene rings is 3. The molecule has 1 aromatic heterocycles. The molecule has 1 amide bonds. The molecule has 12 N–H and O–H groups in total. The van der Waals surface area contributed by atoms with Crippen LogP contribution in [0.5, 0.6) is 23.0 Å². The highest BCUT2D eigenvalue weighted by atomic mass is 19.1. The summed E-state index contributed by atoms with van der Waals surface area (Å²) in [6, 6.07) is 3.48. The number of aromatic carboxylic acids is 1.